The molecule has 0 fully saturated rings. The van der Waals surface area contributed by atoms with Gasteiger partial charge in [-0.1, -0.05) is 13.3 Å². The first-order valence-electron chi connectivity index (χ1n) is 4.55. The van der Waals surface area contributed by atoms with Crippen LogP contribution in [0.5, 0.6) is 0 Å². The van der Waals surface area contributed by atoms with Crippen molar-refractivity contribution in [2.45, 2.75) is 32.8 Å². The summed E-state index contributed by atoms with van der Waals surface area (Å²) >= 11 is 0. The fraction of sp³-hybridized carbons (Fsp3) is 1.00. The third-order valence-electron chi connectivity index (χ3n) is 1.97. The van der Waals surface area contributed by atoms with E-state index >= 15 is 0 Å². The molecule has 0 amide bonds. The van der Waals surface area contributed by atoms with E-state index in [4.69, 9.17) is 0 Å². The molecule has 0 radical (unpaired) electrons. The Balaban J connectivity index is 4.10. The van der Waals surface area contributed by atoms with Gasteiger partial charge in [-0.05, 0) is 13.3 Å². The van der Waals surface area contributed by atoms with E-state index in [9.17, 15) is 20.2 Å². The van der Waals surface area contributed by atoms with Gasteiger partial charge in [0, 0.05) is 5.92 Å². The maximum Gasteiger partial charge on any atom is 0.294 e. The molecule has 0 spiro atoms. The van der Waals surface area contributed by atoms with Crippen molar-refractivity contribution in [3.8, 4) is 0 Å². The van der Waals surface area contributed by atoms with Crippen molar-refractivity contribution in [2.75, 3.05) is 6.61 Å². The Bertz CT molecular complexity index is 222. The fourth-order valence-corrected chi connectivity index (χ4v) is 1.20. The molecule has 0 rings (SSSR count). The molecular formula is C7H14N2O6. The Morgan fingerprint density at radius 2 is 1.87 bits per heavy atom. The molecule has 0 aromatic heterocycles. The second-order valence-corrected chi connectivity index (χ2v) is 3.10. The molecule has 0 aromatic rings. The normalized spacial score (nSPS) is 14.0. The highest BCUT2D eigenvalue weighted by Crippen LogP contribution is 2.15. The Labute approximate surface area is 86.4 Å². The molecule has 0 bridgehead atoms. The summed E-state index contributed by atoms with van der Waals surface area (Å²) in [5.41, 5.74) is 0. The van der Waals surface area contributed by atoms with E-state index in [-0.39, 0.29) is 12.5 Å². The van der Waals surface area contributed by atoms with E-state index in [0.29, 0.717) is 6.42 Å². The van der Waals surface area contributed by atoms with Gasteiger partial charge >= 0.3 is 0 Å². The van der Waals surface area contributed by atoms with Gasteiger partial charge in [0.1, 0.15) is 12.7 Å². The molecule has 15 heavy (non-hydrogen) atoms. The Hall–Kier alpha value is -1.60. The largest absolute Gasteiger partial charge is 0.314 e. The topological polar surface area (TPSA) is 105 Å². The number of hydrogen-bond donors (Lipinski definition) is 0. The first-order valence-corrected chi connectivity index (χ1v) is 4.55. The standard InChI is InChI=1S/C7H14N2O6/c1-3-4-7(5-14-8(10)11)6(2)15-9(12)13/h6-7H,3-5H2,1-2H3. The van der Waals surface area contributed by atoms with E-state index in [1.807, 2.05) is 6.92 Å². The first-order chi connectivity index (χ1) is 6.97. The minimum atomic E-state index is -0.915. The summed E-state index contributed by atoms with van der Waals surface area (Å²) in [6.45, 7) is 3.18. The van der Waals surface area contributed by atoms with Gasteiger partial charge in [0.2, 0.25) is 0 Å². The third-order valence-corrected chi connectivity index (χ3v) is 1.97. The van der Waals surface area contributed by atoms with Gasteiger partial charge in [-0.2, -0.15) is 0 Å². The predicted molar refractivity (Wildman–Crippen MR) is 48.9 cm³/mol. The highest BCUT2D eigenvalue weighted by Gasteiger charge is 2.21. The zero-order chi connectivity index (χ0) is 11.8. The van der Waals surface area contributed by atoms with Crippen molar-refractivity contribution in [2.24, 2.45) is 5.92 Å². The first kappa shape index (κ1) is 13.4. The van der Waals surface area contributed by atoms with Gasteiger partial charge in [-0.15, -0.1) is 20.2 Å². The summed E-state index contributed by atoms with van der Waals surface area (Å²) < 4.78 is 0. The molecule has 0 aliphatic heterocycles. The highest BCUT2D eigenvalue weighted by molar-refractivity contribution is 4.63. The fourth-order valence-electron chi connectivity index (χ4n) is 1.20. The molecule has 0 heterocycles. The van der Waals surface area contributed by atoms with Crippen LogP contribution in [0.2, 0.25) is 0 Å². The lowest BCUT2D eigenvalue weighted by Crippen LogP contribution is -2.28. The highest BCUT2D eigenvalue weighted by atomic mass is 17.0. The van der Waals surface area contributed by atoms with Crippen LogP contribution in [0, 0.1) is 26.1 Å². The summed E-state index contributed by atoms with van der Waals surface area (Å²) in [6, 6.07) is 0. The zero-order valence-electron chi connectivity index (χ0n) is 8.62. The van der Waals surface area contributed by atoms with Crippen LogP contribution in [-0.4, -0.2) is 22.9 Å². The van der Waals surface area contributed by atoms with Crippen LogP contribution >= 0.6 is 0 Å². The van der Waals surface area contributed by atoms with Crippen molar-refractivity contribution in [1.82, 2.24) is 0 Å². The summed E-state index contributed by atoms with van der Waals surface area (Å²) in [6.07, 6.45) is 0.611. The molecule has 0 saturated heterocycles. The second kappa shape index (κ2) is 6.80. The molecule has 8 nitrogen and oxygen atoms in total. The van der Waals surface area contributed by atoms with Crippen LogP contribution < -0.4 is 0 Å². The molecule has 0 N–H and O–H groups in total. The zero-order valence-corrected chi connectivity index (χ0v) is 8.62. The molecule has 0 saturated carbocycles. The molecule has 0 aromatic carbocycles. The summed E-state index contributed by atoms with van der Waals surface area (Å²) in [5.74, 6) is -0.356. The lowest BCUT2D eigenvalue weighted by Gasteiger charge is -2.20. The Kier molecular flexibility index (Phi) is 6.07. The van der Waals surface area contributed by atoms with E-state index in [0.717, 1.165) is 6.42 Å². The predicted octanol–water partition coefficient (Wildman–Crippen LogP) is 1.21. The van der Waals surface area contributed by atoms with Gasteiger partial charge < -0.3 is 9.68 Å². The van der Waals surface area contributed by atoms with Crippen molar-refractivity contribution in [3.05, 3.63) is 20.2 Å². The number of rotatable bonds is 8. The molecular weight excluding hydrogens is 208 g/mol. The van der Waals surface area contributed by atoms with Crippen LogP contribution in [0.15, 0.2) is 0 Å². The molecule has 0 aliphatic rings. The van der Waals surface area contributed by atoms with E-state index < -0.39 is 16.3 Å². The van der Waals surface area contributed by atoms with Crippen molar-refractivity contribution >= 4 is 0 Å². The van der Waals surface area contributed by atoms with Gasteiger partial charge in [-0.25, -0.2) is 0 Å². The molecule has 2 unspecified atom stereocenters. The SMILES string of the molecule is CCCC(CO[N+](=O)[O-])C(C)O[N+](=O)[O-]. The van der Waals surface area contributed by atoms with Crippen molar-refractivity contribution in [1.29, 1.82) is 0 Å². The summed E-state index contributed by atoms with van der Waals surface area (Å²) in [7, 11) is 0. The van der Waals surface area contributed by atoms with E-state index in [2.05, 4.69) is 9.68 Å². The van der Waals surface area contributed by atoms with Crippen LogP contribution in [-0.2, 0) is 9.68 Å². The molecule has 8 heteroatoms. The van der Waals surface area contributed by atoms with E-state index in [1.54, 1.807) is 0 Å². The maximum atomic E-state index is 10.1. The number of nitrogens with zero attached hydrogens (tertiary/aromatic N) is 2. The molecule has 0 aliphatic carbocycles. The van der Waals surface area contributed by atoms with Crippen molar-refractivity contribution in [3.63, 3.8) is 0 Å². The van der Waals surface area contributed by atoms with Crippen molar-refractivity contribution < 1.29 is 19.8 Å². The van der Waals surface area contributed by atoms with Crippen LogP contribution in [0.1, 0.15) is 26.7 Å². The van der Waals surface area contributed by atoms with Gasteiger partial charge in [0.25, 0.3) is 10.2 Å². The lowest BCUT2D eigenvalue weighted by molar-refractivity contribution is -0.776. The molecule has 2 atom stereocenters. The monoisotopic (exact) mass is 222 g/mol. The van der Waals surface area contributed by atoms with E-state index in [1.165, 1.54) is 6.92 Å². The number of hydrogen-bond acceptors (Lipinski definition) is 6. The average Bonchev–Trinajstić information content (AvgIpc) is 2.10. The Morgan fingerprint density at radius 1 is 1.27 bits per heavy atom. The minimum absolute atomic E-state index is 0.185. The van der Waals surface area contributed by atoms with Crippen LogP contribution in [0.3, 0.4) is 0 Å². The summed E-state index contributed by atoms with van der Waals surface area (Å²) in [5, 5.41) is 18.2. The quantitative estimate of drug-likeness (QED) is 0.451. The van der Waals surface area contributed by atoms with Crippen LogP contribution in [0.4, 0.5) is 0 Å². The average molecular weight is 222 g/mol. The smallest absolute Gasteiger partial charge is 0.294 e. The van der Waals surface area contributed by atoms with Gasteiger partial charge in [-0.3, -0.25) is 0 Å². The second-order valence-electron chi connectivity index (χ2n) is 3.10. The molecule has 88 valence electrons. The lowest BCUT2D eigenvalue weighted by atomic mass is 9.99. The maximum absolute atomic E-state index is 10.1. The van der Waals surface area contributed by atoms with Gasteiger partial charge in [0.15, 0.2) is 0 Å². The third kappa shape index (κ3) is 6.47. The minimum Gasteiger partial charge on any atom is -0.314 e. The van der Waals surface area contributed by atoms with Crippen LogP contribution in [0.25, 0.3) is 0 Å². The summed E-state index contributed by atoms with van der Waals surface area (Å²) in [4.78, 5) is 28.5. The Morgan fingerprint density at radius 3 is 2.27 bits per heavy atom. The van der Waals surface area contributed by atoms with Gasteiger partial charge in [0.05, 0.1) is 0 Å².